The van der Waals surface area contributed by atoms with E-state index in [1.54, 1.807) is 43.8 Å². The van der Waals surface area contributed by atoms with Gasteiger partial charge in [0.05, 0.1) is 27.4 Å². The van der Waals surface area contributed by atoms with Crippen LogP contribution in [-0.2, 0) is 11.3 Å². The molecular weight excluding hydrogens is 472 g/mol. The van der Waals surface area contributed by atoms with E-state index in [-0.39, 0.29) is 12.5 Å². The molecule has 0 aliphatic rings. The molecule has 3 rings (SSSR count). The van der Waals surface area contributed by atoms with E-state index in [1.807, 2.05) is 0 Å². The molecule has 0 fully saturated rings. The van der Waals surface area contributed by atoms with Crippen LogP contribution >= 0.6 is 39.1 Å². The molecule has 148 valence electrons. The summed E-state index contributed by atoms with van der Waals surface area (Å²) in [6.07, 6.45) is 1.64. The zero-order chi connectivity index (χ0) is 20.6. The van der Waals surface area contributed by atoms with Crippen LogP contribution < -0.4 is 5.32 Å². The highest BCUT2D eigenvalue weighted by Crippen LogP contribution is 2.26. The quantitative estimate of drug-likeness (QED) is 0.539. The summed E-state index contributed by atoms with van der Waals surface area (Å²) in [4.78, 5) is 12.6. The van der Waals surface area contributed by atoms with Crippen molar-refractivity contribution >= 4 is 50.9 Å². The molecule has 2 heterocycles. The summed E-state index contributed by atoms with van der Waals surface area (Å²) in [5.74, 6) is -0.409. The minimum atomic E-state index is -0.593. The molecule has 1 aromatic carbocycles. The largest absolute Gasteiger partial charge is 0.306 e. The monoisotopic (exact) mass is 487 g/mol. The summed E-state index contributed by atoms with van der Waals surface area (Å²) in [6, 6.07) is 3.90. The predicted molar refractivity (Wildman–Crippen MR) is 110 cm³/mol. The van der Waals surface area contributed by atoms with Crippen LogP contribution in [0.3, 0.4) is 0 Å². The number of nitrogens with zero attached hydrogens (tertiary/aromatic N) is 4. The van der Waals surface area contributed by atoms with Crippen LogP contribution in [0.4, 0.5) is 10.2 Å². The maximum Gasteiger partial charge on any atom is 0.250 e. The first-order valence-corrected chi connectivity index (χ1v) is 9.91. The minimum Gasteiger partial charge on any atom is -0.306 e. The fourth-order valence-electron chi connectivity index (χ4n) is 2.76. The van der Waals surface area contributed by atoms with Gasteiger partial charge in [-0.2, -0.15) is 10.2 Å². The maximum absolute atomic E-state index is 14.0. The molecule has 0 saturated carbocycles. The van der Waals surface area contributed by atoms with E-state index in [9.17, 15) is 9.18 Å². The molecule has 2 aromatic heterocycles. The smallest absolute Gasteiger partial charge is 0.250 e. The van der Waals surface area contributed by atoms with Crippen molar-refractivity contribution < 1.29 is 9.18 Å². The lowest BCUT2D eigenvalue weighted by Crippen LogP contribution is -2.25. The Morgan fingerprint density at radius 2 is 2.04 bits per heavy atom. The number of carbonyl (C=O) groups excluding carboxylic acids is 1. The second kappa shape index (κ2) is 8.23. The Labute approximate surface area is 179 Å². The first kappa shape index (κ1) is 20.8. The van der Waals surface area contributed by atoms with Crippen LogP contribution in [0, 0.1) is 19.7 Å². The van der Waals surface area contributed by atoms with Crippen molar-refractivity contribution in [2.24, 2.45) is 0 Å². The van der Waals surface area contributed by atoms with E-state index in [1.165, 1.54) is 10.7 Å². The van der Waals surface area contributed by atoms with E-state index < -0.39 is 11.9 Å². The van der Waals surface area contributed by atoms with Crippen LogP contribution in [0.15, 0.2) is 28.9 Å². The second-order valence-electron chi connectivity index (χ2n) is 6.32. The molecule has 0 saturated heterocycles. The summed E-state index contributed by atoms with van der Waals surface area (Å²) in [5, 5.41) is 12.2. The highest BCUT2D eigenvalue weighted by atomic mass is 79.9. The van der Waals surface area contributed by atoms with E-state index in [0.717, 1.165) is 0 Å². The summed E-state index contributed by atoms with van der Waals surface area (Å²) < 4.78 is 17.6. The van der Waals surface area contributed by atoms with Crippen molar-refractivity contribution in [3.05, 3.63) is 61.7 Å². The third kappa shape index (κ3) is 4.09. The van der Waals surface area contributed by atoms with Crippen molar-refractivity contribution in [3.63, 3.8) is 0 Å². The van der Waals surface area contributed by atoms with Crippen LogP contribution in [0.1, 0.15) is 29.9 Å². The molecule has 6 nitrogen and oxygen atoms in total. The average Bonchev–Trinajstić information content (AvgIpc) is 3.11. The number of nitrogens with one attached hydrogen (secondary N) is 1. The molecule has 0 aliphatic carbocycles. The van der Waals surface area contributed by atoms with Gasteiger partial charge in [0.2, 0.25) is 5.91 Å². The SMILES string of the molecule is Cc1nn(C(C)C(=O)Nc2nn(Cc3c(F)cccc3Cl)cc2Br)c(C)c1Cl. The number of aryl methyl sites for hydroxylation is 1. The zero-order valence-electron chi connectivity index (χ0n) is 15.3. The van der Waals surface area contributed by atoms with Gasteiger partial charge in [0.1, 0.15) is 11.9 Å². The van der Waals surface area contributed by atoms with Gasteiger partial charge in [-0.1, -0.05) is 29.3 Å². The fourth-order valence-corrected chi connectivity index (χ4v) is 3.52. The average molecular weight is 489 g/mol. The maximum atomic E-state index is 14.0. The van der Waals surface area contributed by atoms with Gasteiger partial charge in [0.25, 0.3) is 0 Å². The molecular formula is C18H17BrCl2FN5O. The Morgan fingerprint density at radius 1 is 1.32 bits per heavy atom. The minimum absolute atomic E-state index is 0.128. The van der Waals surface area contributed by atoms with Gasteiger partial charge in [-0.05, 0) is 48.8 Å². The fraction of sp³-hybridized carbons (Fsp3) is 0.278. The van der Waals surface area contributed by atoms with Crippen molar-refractivity contribution in [2.45, 2.75) is 33.4 Å². The molecule has 1 atom stereocenters. The van der Waals surface area contributed by atoms with Crippen molar-refractivity contribution in [3.8, 4) is 0 Å². The van der Waals surface area contributed by atoms with Gasteiger partial charge in [-0.15, -0.1) is 0 Å². The number of halogens is 4. The first-order chi connectivity index (χ1) is 13.2. The summed E-state index contributed by atoms with van der Waals surface area (Å²) in [7, 11) is 0. The Balaban J connectivity index is 1.78. The second-order valence-corrected chi connectivity index (χ2v) is 7.96. The standard InChI is InChI=1S/C18H17BrCl2FN5O/c1-9-16(21)10(2)27(24-9)11(3)18(28)23-17-13(19)8-26(25-17)7-12-14(20)5-4-6-15(12)22/h4-6,8,11H,7H2,1-3H3,(H,23,25,28). The number of carbonyl (C=O) groups is 1. The van der Waals surface area contributed by atoms with Gasteiger partial charge >= 0.3 is 0 Å². The van der Waals surface area contributed by atoms with Crippen LogP contribution in [0.25, 0.3) is 0 Å². The van der Waals surface area contributed by atoms with Gasteiger partial charge in [0, 0.05) is 16.8 Å². The lowest BCUT2D eigenvalue weighted by atomic mass is 10.2. The third-order valence-electron chi connectivity index (χ3n) is 4.32. The van der Waals surface area contributed by atoms with Crippen LogP contribution in [0.2, 0.25) is 10.0 Å². The van der Waals surface area contributed by atoms with Crippen LogP contribution in [-0.4, -0.2) is 25.5 Å². The van der Waals surface area contributed by atoms with E-state index in [2.05, 4.69) is 31.4 Å². The Hall–Kier alpha value is -1.90. The number of hydrogen-bond donors (Lipinski definition) is 1. The number of amides is 1. The van der Waals surface area contributed by atoms with Gasteiger partial charge < -0.3 is 5.32 Å². The third-order valence-corrected chi connectivity index (χ3v) is 5.80. The molecule has 1 N–H and O–H groups in total. The van der Waals surface area contributed by atoms with Gasteiger partial charge in [0.15, 0.2) is 5.82 Å². The Morgan fingerprint density at radius 3 is 2.64 bits per heavy atom. The molecule has 1 amide bonds. The normalized spacial score (nSPS) is 12.2. The van der Waals surface area contributed by atoms with E-state index >= 15 is 0 Å². The number of benzene rings is 1. The first-order valence-electron chi connectivity index (χ1n) is 8.37. The summed E-state index contributed by atoms with van der Waals surface area (Å²) >= 11 is 15.6. The molecule has 0 bridgehead atoms. The van der Waals surface area contributed by atoms with Crippen molar-refractivity contribution in [2.75, 3.05) is 5.32 Å². The molecule has 0 radical (unpaired) electrons. The summed E-state index contributed by atoms with van der Waals surface area (Å²) in [6.45, 7) is 5.43. The molecule has 1 unspecified atom stereocenters. The molecule has 28 heavy (non-hydrogen) atoms. The molecule has 0 aliphatic heterocycles. The highest BCUT2D eigenvalue weighted by Gasteiger charge is 2.22. The van der Waals surface area contributed by atoms with Gasteiger partial charge in [-0.3, -0.25) is 14.2 Å². The lowest BCUT2D eigenvalue weighted by molar-refractivity contribution is -0.119. The Kier molecular flexibility index (Phi) is 6.12. The number of hydrogen-bond acceptors (Lipinski definition) is 3. The summed E-state index contributed by atoms with van der Waals surface area (Å²) in [5.41, 5.74) is 1.69. The van der Waals surface area contributed by atoms with E-state index in [4.69, 9.17) is 23.2 Å². The number of rotatable bonds is 5. The topological polar surface area (TPSA) is 64.7 Å². The van der Waals surface area contributed by atoms with Crippen molar-refractivity contribution in [1.82, 2.24) is 19.6 Å². The lowest BCUT2D eigenvalue weighted by Gasteiger charge is -2.13. The Bertz CT molecular complexity index is 1030. The van der Waals surface area contributed by atoms with Gasteiger partial charge in [-0.25, -0.2) is 4.39 Å². The van der Waals surface area contributed by atoms with E-state index in [0.29, 0.717) is 37.3 Å². The van der Waals surface area contributed by atoms with Crippen molar-refractivity contribution in [1.29, 1.82) is 0 Å². The zero-order valence-corrected chi connectivity index (χ0v) is 18.4. The molecule has 10 heteroatoms. The molecule has 0 spiro atoms. The van der Waals surface area contributed by atoms with Crippen LogP contribution in [0.5, 0.6) is 0 Å². The highest BCUT2D eigenvalue weighted by molar-refractivity contribution is 9.10. The molecule has 3 aromatic rings. The number of anilines is 1. The number of aromatic nitrogens is 4. The predicted octanol–water partition coefficient (Wildman–Crippen LogP) is 5.15.